The number of nitrogens with zero attached hydrogens (tertiary/aromatic N) is 1. The lowest BCUT2D eigenvalue weighted by Gasteiger charge is -2.32. The Balaban J connectivity index is 2.34. The maximum absolute atomic E-state index is 13.3. The number of likely N-dealkylation sites (tertiary alicyclic amines) is 1. The minimum Gasteiger partial charge on any atom is -0.481 e. The molecule has 1 atom stereocenters. The molecule has 0 aromatic heterocycles. The molecule has 1 heterocycles. The summed E-state index contributed by atoms with van der Waals surface area (Å²) in [5.41, 5.74) is -5.66. The monoisotopic (exact) mass is 397 g/mol. The fourth-order valence-electron chi connectivity index (χ4n) is 3.11. The average Bonchev–Trinajstić information content (AvgIpc) is 3.00. The van der Waals surface area contributed by atoms with E-state index in [9.17, 15) is 35.9 Å². The van der Waals surface area contributed by atoms with Gasteiger partial charge in [0, 0.05) is 13.1 Å². The molecule has 1 fully saturated rings. The molecule has 1 aromatic carbocycles. The largest absolute Gasteiger partial charge is 0.481 e. The summed E-state index contributed by atoms with van der Waals surface area (Å²) in [6.45, 7) is 1.05. The zero-order chi connectivity index (χ0) is 20.8. The van der Waals surface area contributed by atoms with Gasteiger partial charge in [-0.05, 0) is 31.9 Å². The van der Waals surface area contributed by atoms with Crippen LogP contribution < -0.4 is 0 Å². The van der Waals surface area contributed by atoms with Crippen molar-refractivity contribution in [2.45, 2.75) is 38.0 Å². The second kappa shape index (κ2) is 6.42. The van der Waals surface area contributed by atoms with Crippen LogP contribution in [-0.4, -0.2) is 41.1 Å². The summed E-state index contributed by atoms with van der Waals surface area (Å²) in [4.78, 5) is 24.7. The summed E-state index contributed by atoms with van der Waals surface area (Å²) in [6, 6.07) is 3.97. The number of aliphatic carboxylic acids is 1. The predicted octanol–water partition coefficient (Wildman–Crippen LogP) is 3.85. The number of benzene rings is 1. The molecular formula is C17H17F6NO3. The molecule has 1 saturated heterocycles. The minimum atomic E-state index is -5.06. The Hall–Kier alpha value is -2.26. The van der Waals surface area contributed by atoms with Crippen molar-refractivity contribution in [3.8, 4) is 0 Å². The van der Waals surface area contributed by atoms with Crippen LogP contribution in [0.4, 0.5) is 26.3 Å². The quantitative estimate of drug-likeness (QED) is 0.789. The normalized spacial score (nSPS) is 21.4. The zero-order valence-electron chi connectivity index (χ0n) is 14.4. The number of hydrogen-bond donors (Lipinski definition) is 1. The fraction of sp³-hybridized carbons (Fsp3) is 0.529. The van der Waals surface area contributed by atoms with Gasteiger partial charge in [0.1, 0.15) is 0 Å². The van der Waals surface area contributed by atoms with Crippen molar-refractivity contribution in [1.29, 1.82) is 0 Å². The van der Waals surface area contributed by atoms with Gasteiger partial charge in [-0.1, -0.05) is 18.2 Å². The maximum atomic E-state index is 13.3. The second-order valence-corrected chi connectivity index (χ2v) is 7.07. The molecule has 10 heteroatoms. The molecule has 0 aliphatic carbocycles. The van der Waals surface area contributed by atoms with Crippen LogP contribution in [0.2, 0.25) is 0 Å². The third kappa shape index (κ3) is 3.61. The van der Waals surface area contributed by atoms with Crippen LogP contribution in [0.3, 0.4) is 0 Å². The number of halogens is 6. The van der Waals surface area contributed by atoms with E-state index in [1.807, 2.05) is 0 Å². The van der Waals surface area contributed by atoms with Gasteiger partial charge in [0.2, 0.25) is 5.91 Å². The van der Waals surface area contributed by atoms with E-state index in [2.05, 4.69) is 0 Å². The smallest absolute Gasteiger partial charge is 0.416 e. The van der Waals surface area contributed by atoms with Crippen LogP contribution in [0.5, 0.6) is 0 Å². The van der Waals surface area contributed by atoms with Gasteiger partial charge in [0.05, 0.1) is 11.0 Å². The Bertz CT molecular complexity index is 756. The fourth-order valence-corrected chi connectivity index (χ4v) is 3.11. The molecule has 150 valence electrons. The summed E-state index contributed by atoms with van der Waals surface area (Å²) in [7, 11) is 0. The molecule has 0 saturated carbocycles. The van der Waals surface area contributed by atoms with Crippen LogP contribution in [-0.2, 0) is 21.2 Å². The van der Waals surface area contributed by atoms with Gasteiger partial charge < -0.3 is 10.0 Å². The molecule has 0 bridgehead atoms. The lowest BCUT2D eigenvalue weighted by molar-refractivity contribution is -0.227. The molecule has 1 aromatic rings. The Kier molecular flexibility index (Phi) is 5.00. The molecule has 1 aliphatic rings. The van der Waals surface area contributed by atoms with Gasteiger partial charge in [-0.2, -0.15) is 26.3 Å². The highest BCUT2D eigenvalue weighted by atomic mass is 19.4. The lowest BCUT2D eigenvalue weighted by atomic mass is 9.82. The van der Waals surface area contributed by atoms with E-state index in [1.165, 1.54) is 19.9 Å². The van der Waals surface area contributed by atoms with E-state index in [0.29, 0.717) is 0 Å². The second-order valence-electron chi connectivity index (χ2n) is 7.07. The molecule has 4 nitrogen and oxygen atoms in total. The van der Waals surface area contributed by atoms with Crippen LogP contribution >= 0.6 is 0 Å². The molecule has 1 N–H and O–H groups in total. The Labute approximate surface area is 150 Å². The molecule has 1 amide bonds. The Morgan fingerprint density at radius 2 is 1.63 bits per heavy atom. The molecular weight excluding hydrogens is 380 g/mol. The van der Waals surface area contributed by atoms with Crippen molar-refractivity contribution in [3.63, 3.8) is 0 Å². The SMILES string of the molecule is CC(C)(C(=O)N1CCC(C(=O)O)(C(F)(F)F)C1)c1cccc(C(F)(F)F)c1. The summed E-state index contributed by atoms with van der Waals surface area (Å²) in [6.07, 6.45) is -10.5. The number of alkyl halides is 6. The van der Waals surface area contributed by atoms with Crippen molar-refractivity contribution in [1.82, 2.24) is 4.90 Å². The molecule has 27 heavy (non-hydrogen) atoms. The third-order valence-electron chi connectivity index (χ3n) is 4.95. The van der Waals surface area contributed by atoms with Crippen molar-refractivity contribution >= 4 is 11.9 Å². The standard InChI is InChI=1S/C17H17F6NO3/c1-14(2,10-4-3-5-11(8-10)16(18,19)20)12(25)24-7-6-15(9-24,13(26)27)17(21,22)23/h3-5,8H,6-7,9H2,1-2H3,(H,26,27). The summed E-state index contributed by atoms with van der Waals surface area (Å²) >= 11 is 0. The maximum Gasteiger partial charge on any atom is 0.416 e. The van der Waals surface area contributed by atoms with Crippen LogP contribution in [0.1, 0.15) is 31.4 Å². The highest BCUT2D eigenvalue weighted by Crippen LogP contribution is 2.46. The Morgan fingerprint density at radius 1 is 1.07 bits per heavy atom. The van der Waals surface area contributed by atoms with Crippen molar-refractivity contribution in [3.05, 3.63) is 35.4 Å². The highest BCUT2D eigenvalue weighted by Gasteiger charge is 2.64. The molecule has 0 spiro atoms. The van der Waals surface area contributed by atoms with Gasteiger partial charge in [-0.3, -0.25) is 9.59 Å². The number of carbonyl (C=O) groups excluding carboxylic acids is 1. The van der Waals surface area contributed by atoms with Crippen molar-refractivity contribution in [2.75, 3.05) is 13.1 Å². The van der Waals surface area contributed by atoms with Gasteiger partial charge in [0.15, 0.2) is 5.41 Å². The average molecular weight is 397 g/mol. The van der Waals surface area contributed by atoms with Gasteiger partial charge in [0.25, 0.3) is 0 Å². The van der Waals surface area contributed by atoms with Crippen molar-refractivity contribution < 1.29 is 41.0 Å². The lowest BCUT2D eigenvalue weighted by Crippen LogP contribution is -2.49. The van der Waals surface area contributed by atoms with Gasteiger partial charge >= 0.3 is 18.3 Å². The summed E-state index contributed by atoms with van der Waals surface area (Å²) < 4.78 is 78.5. The van der Waals surface area contributed by atoms with E-state index < -0.39 is 60.1 Å². The van der Waals surface area contributed by atoms with Gasteiger partial charge in [-0.15, -0.1) is 0 Å². The molecule has 1 unspecified atom stereocenters. The first-order chi connectivity index (χ1) is 12.1. The Morgan fingerprint density at radius 3 is 2.07 bits per heavy atom. The summed E-state index contributed by atoms with van der Waals surface area (Å²) in [5, 5.41) is 9.06. The van der Waals surface area contributed by atoms with E-state index in [-0.39, 0.29) is 5.56 Å². The number of carboxylic acid groups (broad SMARTS) is 1. The van der Waals surface area contributed by atoms with Crippen LogP contribution in [0, 0.1) is 5.41 Å². The van der Waals surface area contributed by atoms with Crippen molar-refractivity contribution in [2.24, 2.45) is 5.41 Å². The number of carbonyl (C=O) groups is 2. The van der Waals surface area contributed by atoms with E-state index in [4.69, 9.17) is 5.11 Å². The van der Waals surface area contributed by atoms with Gasteiger partial charge in [-0.25, -0.2) is 0 Å². The molecule has 0 radical (unpaired) electrons. The van der Waals surface area contributed by atoms with E-state index >= 15 is 0 Å². The third-order valence-corrected chi connectivity index (χ3v) is 4.95. The first-order valence-electron chi connectivity index (χ1n) is 7.90. The molecule has 2 rings (SSSR count). The van der Waals surface area contributed by atoms with E-state index in [1.54, 1.807) is 0 Å². The first-order valence-corrected chi connectivity index (χ1v) is 7.90. The van der Waals surface area contributed by atoms with Crippen LogP contribution in [0.15, 0.2) is 24.3 Å². The first kappa shape index (κ1) is 21.0. The number of amides is 1. The van der Waals surface area contributed by atoms with Crippen LogP contribution in [0.25, 0.3) is 0 Å². The number of carboxylic acids is 1. The topological polar surface area (TPSA) is 57.6 Å². The molecule has 1 aliphatic heterocycles. The van der Waals surface area contributed by atoms with E-state index in [0.717, 1.165) is 23.1 Å². The predicted molar refractivity (Wildman–Crippen MR) is 81.8 cm³/mol. The number of hydrogen-bond acceptors (Lipinski definition) is 2. The summed E-state index contributed by atoms with van der Waals surface area (Å²) in [5.74, 6) is -2.95. The minimum absolute atomic E-state index is 0.0258. The number of rotatable bonds is 3. The highest BCUT2D eigenvalue weighted by molar-refractivity contribution is 5.89. The zero-order valence-corrected chi connectivity index (χ0v) is 14.4.